The first-order valence-electron chi connectivity index (χ1n) is 13.2. The van der Waals surface area contributed by atoms with E-state index < -0.39 is 31.8 Å². The fourth-order valence-electron chi connectivity index (χ4n) is 5.14. The molecule has 0 spiro atoms. The van der Waals surface area contributed by atoms with Crippen LogP contribution in [0.5, 0.6) is 0 Å². The van der Waals surface area contributed by atoms with Gasteiger partial charge < -0.3 is 9.73 Å². The molecule has 216 valence electrons. The molecular formula is C29H30FN3O6S2. The highest BCUT2D eigenvalue weighted by Crippen LogP contribution is 2.41. The third-order valence-electron chi connectivity index (χ3n) is 7.27. The monoisotopic (exact) mass is 599 g/mol. The summed E-state index contributed by atoms with van der Waals surface area (Å²) in [5, 5.41) is 3.05. The van der Waals surface area contributed by atoms with Crippen molar-refractivity contribution in [3.05, 3.63) is 83.7 Å². The highest BCUT2D eigenvalue weighted by Gasteiger charge is 2.33. The molecule has 0 radical (unpaired) electrons. The zero-order valence-corrected chi connectivity index (χ0v) is 24.2. The number of nitrogens with zero attached hydrogens (tertiary/aromatic N) is 1. The van der Waals surface area contributed by atoms with E-state index in [2.05, 4.69) is 10.0 Å². The summed E-state index contributed by atoms with van der Waals surface area (Å²) in [5.74, 6) is -1.22. The summed E-state index contributed by atoms with van der Waals surface area (Å²) in [5.41, 5.74) is 1.75. The van der Waals surface area contributed by atoms with Crippen LogP contribution < -0.4 is 10.0 Å². The van der Waals surface area contributed by atoms with E-state index in [4.69, 9.17) is 4.42 Å². The number of carbonyl (C=O) groups is 1. The lowest BCUT2D eigenvalue weighted by molar-refractivity contribution is 0.0964. The van der Waals surface area contributed by atoms with E-state index in [1.807, 2.05) is 0 Å². The average molecular weight is 600 g/mol. The molecule has 41 heavy (non-hydrogen) atoms. The first kappa shape index (κ1) is 28.8. The first-order chi connectivity index (χ1) is 19.5. The standard InChI is InChI=1S/C29H30FN3O6S2/c1-3-40(35,36)32-25-17-26-24(27(29(34)31-2)28(39-26)19-11-13-21(30)14-12-19)16-23(25)20-8-7-15-33(18-20)41(37,38)22-9-5-4-6-10-22/h4-6,9-14,16-17,20,32H,3,7-8,15,18H2,1-2H3,(H,31,34)/t20-/m1/s1. The Hall–Kier alpha value is -3.74. The molecule has 1 aliphatic rings. The fourth-order valence-corrected chi connectivity index (χ4v) is 7.34. The Bertz CT molecular complexity index is 1800. The molecule has 0 aliphatic carbocycles. The second-order valence-corrected chi connectivity index (χ2v) is 13.8. The minimum atomic E-state index is -3.78. The summed E-state index contributed by atoms with van der Waals surface area (Å²) >= 11 is 0. The quantitative estimate of drug-likeness (QED) is 0.296. The van der Waals surface area contributed by atoms with Crippen LogP contribution in [-0.4, -0.2) is 52.9 Å². The van der Waals surface area contributed by atoms with Gasteiger partial charge in [0.05, 0.1) is 21.9 Å². The SMILES string of the molecule is CCS(=O)(=O)Nc1cc2oc(-c3ccc(F)cc3)c(C(=O)NC)c2cc1[C@@H]1CCCN(S(=O)(=O)c2ccccc2)C1. The minimum absolute atomic E-state index is 0.127. The first-order valence-corrected chi connectivity index (χ1v) is 16.3. The van der Waals surface area contributed by atoms with Crippen LogP contribution in [0.15, 0.2) is 76.0 Å². The molecule has 1 aliphatic heterocycles. The third kappa shape index (κ3) is 5.72. The van der Waals surface area contributed by atoms with Crippen LogP contribution in [0.4, 0.5) is 10.1 Å². The number of hydrogen-bond donors (Lipinski definition) is 2. The molecule has 2 heterocycles. The maximum Gasteiger partial charge on any atom is 0.255 e. The summed E-state index contributed by atoms with van der Waals surface area (Å²) in [6.45, 7) is 1.97. The number of piperidine rings is 1. The summed E-state index contributed by atoms with van der Waals surface area (Å²) in [6, 6.07) is 16.9. The van der Waals surface area contributed by atoms with E-state index in [0.29, 0.717) is 35.9 Å². The lowest BCUT2D eigenvalue weighted by Gasteiger charge is -2.33. The molecular weight excluding hydrogens is 569 g/mol. The van der Waals surface area contributed by atoms with Crippen LogP contribution in [0.2, 0.25) is 0 Å². The summed E-state index contributed by atoms with van der Waals surface area (Å²) in [4.78, 5) is 13.3. The zero-order chi connectivity index (χ0) is 29.4. The van der Waals surface area contributed by atoms with Crippen molar-refractivity contribution in [2.45, 2.75) is 30.6 Å². The number of halogens is 1. The number of hydrogen-bond acceptors (Lipinski definition) is 6. The van der Waals surface area contributed by atoms with Gasteiger partial charge in [-0.25, -0.2) is 21.2 Å². The molecule has 1 saturated heterocycles. The van der Waals surface area contributed by atoms with E-state index in [0.717, 1.165) is 0 Å². The molecule has 12 heteroatoms. The number of anilines is 1. The van der Waals surface area contributed by atoms with Gasteiger partial charge in [0.15, 0.2) is 0 Å². The fraction of sp³-hybridized carbons (Fsp3) is 0.276. The van der Waals surface area contributed by atoms with E-state index in [1.165, 1.54) is 48.6 Å². The number of fused-ring (bicyclic) bond motifs is 1. The maximum atomic E-state index is 13.6. The maximum absolute atomic E-state index is 13.6. The van der Waals surface area contributed by atoms with Crippen molar-refractivity contribution in [2.75, 3.05) is 30.6 Å². The van der Waals surface area contributed by atoms with Crippen LogP contribution in [0.25, 0.3) is 22.3 Å². The molecule has 1 atom stereocenters. The van der Waals surface area contributed by atoms with Gasteiger partial charge in [-0.05, 0) is 73.7 Å². The second-order valence-electron chi connectivity index (χ2n) is 9.85. The smallest absolute Gasteiger partial charge is 0.255 e. The van der Waals surface area contributed by atoms with Crippen molar-refractivity contribution in [2.24, 2.45) is 0 Å². The molecule has 1 amide bonds. The van der Waals surface area contributed by atoms with Gasteiger partial charge in [-0.2, -0.15) is 4.31 Å². The number of benzene rings is 3. The number of sulfonamides is 2. The molecule has 0 unspecified atom stereocenters. The molecule has 3 aromatic carbocycles. The van der Waals surface area contributed by atoms with Gasteiger partial charge in [-0.3, -0.25) is 9.52 Å². The molecule has 0 saturated carbocycles. The van der Waals surface area contributed by atoms with Crippen molar-refractivity contribution >= 4 is 42.6 Å². The average Bonchev–Trinajstić information content (AvgIpc) is 3.35. The van der Waals surface area contributed by atoms with E-state index in [9.17, 15) is 26.0 Å². The third-order valence-corrected chi connectivity index (χ3v) is 10.4. The van der Waals surface area contributed by atoms with Gasteiger partial charge in [0.25, 0.3) is 5.91 Å². The van der Waals surface area contributed by atoms with Crippen molar-refractivity contribution in [3.8, 4) is 11.3 Å². The predicted octanol–water partition coefficient (Wildman–Crippen LogP) is 4.93. The van der Waals surface area contributed by atoms with E-state index >= 15 is 0 Å². The minimum Gasteiger partial charge on any atom is -0.455 e. The summed E-state index contributed by atoms with van der Waals surface area (Å²) in [7, 11) is -6.01. The van der Waals surface area contributed by atoms with Crippen LogP contribution in [0.3, 0.4) is 0 Å². The number of nitrogens with one attached hydrogen (secondary N) is 2. The van der Waals surface area contributed by atoms with Crippen molar-refractivity contribution < 1.29 is 30.4 Å². The summed E-state index contributed by atoms with van der Waals surface area (Å²) in [6.07, 6.45) is 1.16. The largest absolute Gasteiger partial charge is 0.455 e. The lowest BCUT2D eigenvalue weighted by Crippen LogP contribution is -2.39. The normalized spacial score (nSPS) is 16.5. The van der Waals surface area contributed by atoms with Crippen LogP contribution in [0, 0.1) is 5.82 Å². The van der Waals surface area contributed by atoms with Gasteiger partial charge in [0.1, 0.15) is 17.2 Å². The van der Waals surface area contributed by atoms with Crippen LogP contribution in [0.1, 0.15) is 41.6 Å². The Morgan fingerprint density at radius 2 is 1.76 bits per heavy atom. The van der Waals surface area contributed by atoms with Crippen molar-refractivity contribution in [1.82, 2.24) is 9.62 Å². The van der Waals surface area contributed by atoms with Crippen molar-refractivity contribution in [1.29, 1.82) is 0 Å². The number of rotatable bonds is 8. The second kappa shape index (κ2) is 11.3. The molecule has 9 nitrogen and oxygen atoms in total. The molecule has 1 aromatic heterocycles. The lowest BCUT2D eigenvalue weighted by atomic mass is 9.89. The summed E-state index contributed by atoms with van der Waals surface area (Å²) < 4.78 is 76.0. The molecule has 2 N–H and O–H groups in total. The van der Waals surface area contributed by atoms with Gasteiger partial charge in [0, 0.05) is 37.2 Å². The molecule has 4 aromatic rings. The number of furan rings is 1. The van der Waals surface area contributed by atoms with Gasteiger partial charge in [-0.1, -0.05) is 18.2 Å². The van der Waals surface area contributed by atoms with E-state index in [-0.39, 0.29) is 45.7 Å². The Balaban J connectivity index is 1.66. The number of amides is 1. The highest BCUT2D eigenvalue weighted by atomic mass is 32.2. The Kier molecular flexibility index (Phi) is 7.91. The molecule has 1 fully saturated rings. The predicted molar refractivity (Wildman–Crippen MR) is 155 cm³/mol. The van der Waals surface area contributed by atoms with E-state index in [1.54, 1.807) is 36.4 Å². The Labute approximate surface area is 238 Å². The Morgan fingerprint density at radius 1 is 1.05 bits per heavy atom. The zero-order valence-electron chi connectivity index (χ0n) is 22.6. The topological polar surface area (TPSA) is 126 Å². The highest BCUT2D eigenvalue weighted by molar-refractivity contribution is 7.92. The number of carbonyl (C=O) groups excluding carboxylic acids is 1. The molecule has 0 bridgehead atoms. The molecule has 5 rings (SSSR count). The van der Waals surface area contributed by atoms with Crippen LogP contribution >= 0.6 is 0 Å². The van der Waals surface area contributed by atoms with Gasteiger partial charge in [-0.15, -0.1) is 0 Å². The Morgan fingerprint density at radius 3 is 2.41 bits per heavy atom. The van der Waals surface area contributed by atoms with Gasteiger partial charge >= 0.3 is 0 Å². The van der Waals surface area contributed by atoms with Gasteiger partial charge in [0.2, 0.25) is 20.0 Å². The van der Waals surface area contributed by atoms with Crippen LogP contribution in [-0.2, 0) is 20.0 Å². The van der Waals surface area contributed by atoms with Crippen molar-refractivity contribution in [3.63, 3.8) is 0 Å².